The van der Waals surface area contributed by atoms with Crippen LogP contribution in [0.5, 0.6) is 0 Å². The van der Waals surface area contributed by atoms with Crippen molar-refractivity contribution >= 4 is 22.6 Å². The Labute approximate surface area is 107 Å². The molecule has 0 radical (unpaired) electrons. The van der Waals surface area contributed by atoms with Crippen molar-refractivity contribution in [1.82, 2.24) is 4.90 Å². The first-order valence-electron chi connectivity index (χ1n) is 5.56. The zero-order valence-electron chi connectivity index (χ0n) is 9.79. The van der Waals surface area contributed by atoms with Crippen LogP contribution in [0, 0.1) is 0 Å². The van der Waals surface area contributed by atoms with E-state index in [1.54, 1.807) is 7.11 Å². The number of ether oxygens (including phenoxy) is 1. The van der Waals surface area contributed by atoms with Crippen LogP contribution in [0.1, 0.15) is 26.7 Å². The molecule has 0 bridgehead atoms. The molecule has 0 spiro atoms. The molecule has 0 aromatic heterocycles. The fourth-order valence-corrected chi connectivity index (χ4v) is 3.27. The molecule has 86 valence electrons. The summed E-state index contributed by atoms with van der Waals surface area (Å²) in [7, 11) is 1.76. The van der Waals surface area contributed by atoms with E-state index in [9.17, 15) is 0 Å². The average Bonchev–Trinajstić information content (AvgIpc) is 2.30. The van der Waals surface area contributed by atoms with Gasteiger partial charge in [-0.1, -0.05) is 42.5 Å². The van der Waals surface area contributed by atoms with E-state index < -0.39 is 0 Å². The summed E-state index contributed by atoms with van der Waals surface area (Å²) in [5, 5.41) is 0. The van der Waals surface area contributed by atoms with Crippen LogP contribution in [0.15, 0.2) is 23.5 Å². The molecule has 0 saturated carbocycles. The fraction of sp³-hybridized carbons (Fsp3) is 0.667. The molecule has 0 heterocycles. The van der Waals surface area contributed by atoms with E-state index >= 15 is 0 Å². The van der Waals surface area contributed by atoms with Crippen molar-refractivity contribution in [3.8, 4) is 0 Å². The first-order valence-corrected chi connectivity index (χ1v) is 6.80. The summed E-state index contributed by atoms with van der Waals surface area (Å²) in [6, 6.07) is 0. The highest BCUT2D eigenvalue weighted by atomic mass is 127. The van der Waals surface area contributed by atoms with Gasteiger partial charge in [0.15, 0.2) is 0 Å². The van der Waals surface area contributed by atoms with E-state index in [1.807, 2.05) is 0 Å². The number of rotatable bonds is 5. The molecule has 0 saturated heterocycles. The maximum absolute atomic E-state index is 5.43. The molecule has 1 atom stereocenters. The van der Waals surface area contributed by atoms with Crippen LogP contribution >= 0.6 is 22.6 Å². The Morgan fingerprint density at radius 2 is 2.13 bits per heavy atom. The Morgan fingerprint density at radius 3 is 2.67 bits per heavy atom. The minimum atomic E-state index is 0.470. The Morgan fingerprint density at radius 1 is 1.47 bits per heavy atom. The van der Waals surface area contributed by atoms with Gasteiger partial charge in [0, 0.05) is 0 Å². The number of hydrogen-bond acceptors (Lipinski definition) is 2. The van der Waals surface area contributed by atoms with E-state index in [0.29, 0.717) is 4.05 Å². The van der Waals surface area contributed by atoms with Crippen molar-refractivity contribution in [3.63, 3.8) is 0 Å². The second-order valence-corrected chi connectivity index (χ2v) is 4.77. The summed E-state index contributed by atoms with van der Waals surface area (Å²) in [6.45, 7) is 6.60. The summed E-state index contributed by atoms with van der Waals surface area (Å²) >= 11 is 2.52. The monoisotopic (exact) mass is 321 g/mol. The molecule has 2 nitrogen and oxygen atoms in total. The van der Waals surface area contributed by atoms with Gasteiger partial charge in [0.05, 0.1) is 11.2 Å². The lowest BCUT2D eigenvalue weighted by molar-refractivity contribution is 0.274. The minimum absolute atomic E-state index is 0.470. The van der Waals surface area contributed by atoms with Gasteiger partial charge < -0.3 is 4.74 Å². The zero-order valence-corrected chi connectivity index (χ0v) is 12.0. The molecular weight excluding hydrogens is 301 g/mol. The van der Waals surface area contributed by atoms with Crippen LogP contribution in [0.3, 0.4) is 0 Å². The first-order chi connectivity index (χ1) is 7.24. The van der Waals surface area contributed by atoms with Gasteiger partial charge in [-0.3, -0.25) is 4.90 Å². The lowest BCUT2D eigenvalue weighted by atomic mass is 10.0. The average molecular weight is 321 g/mol. The molecule has 1 unspecified atom stereocenters. The molecule has 0 aliphatic heterocycles. The lowest BCUT2D eigenvalue weighted by Crippen LogP contribution is -2.32. The number of allylic oxidation sites excluding steroid dienone is 2. The van der Waals surface area contributed by atoms with Crippen molar-refractivity contribution in [2.24, 2.45) is 0 Å². The highest BCUT2D eigenvalue weighted by Crippen LogP contribution is 2.29. The van der Waals surface area contributed by atoms with Gasteiger partial charge in [0.25, 0.3) is 0 Å². The highest BCUT2D eigenvalue weighted by Gasteiger charge is 2.21. The van der Waals surface area contributed by atoms with Crippen LogP contribution in [0.25, 0.3) is 0 Å². The van der Waals surface area contributed by atoms with E-state index in [1.165, 1.54) is 5.57 Å². The summed E-state index contributed by atoms with van der Waals surface area (Å²) < 4.78 is 5.90. The third kappa shape index (κ3) is 3.21. The Balaban J connectivity index is 2.83. The van der Waals surface area contributed by atoms with E-state index in [2.05, 4.69) is 53.5 Å². The quantitative estimate of drug-likeness (QED) is 0.437. The van der Waals surface area contributed by atoms with Crippen molar-refractivity contribution in [2.75, 3.05) is 20.2 Å². The fourth-order valence-electron chi connectivity index (χ4n) is 1.86. The van der Waals surface area contributed by atoms with E-state index in [4.69, 9.17) is 4.74 Å². The lowest BCUT2D eigenvalue weighted by Gasteiger charge is -2.29. The molecule has 1 aliphatic rings. The molecule has 0 aromatic rings. The Hall–Kier alpha value is -0.0300. The summed E-state index contributed by atoms with van der Waals surface area (Å²) in [4.78, 5) is 2.45. The number of likely N-dealkylation sites (N-methyl/N-ethyl adjacent to an activating group) is 1. The van der Waals surface area contributed by atoms with Crippen molar-refractivity contribution < 1.29 is 4.74 Å². The van der Waals surface area contributed by atoms with E-state index in [0.717, 1.165) is 31.7 Å². The Kier molecular flexibility index (Phi) is 5.68. The van der Waals surface area contributed by atoms with Gasteiger partial charge in [-0.15, -0.1) is 0 Å². The number of nitrogens with zero attached hydrogens (tertiary/aromatic N) is 1. The van der Waals surface area contributed by atoms with Crippen LogP contribution in [-0.2, 0) is 4.74 Å². The predicted molar refractivity (Wildman–Crippen MR) is 73.1 cm³/mol. The molecule has 15 heavy (non-hydrogen) atoms. The van der Waals surface area contributed by atoms with Crippen LogP contribution < -0.4 is 0 Å². The van der Waals surface area contributed by atoms with Gasteiger partial charge >= 0.3 is 0 Å². The standard InChI is InChI=1S/C12H20INO/c1-4-14(5-2)12(13)10-8-6-7-9-11(10)15-3/h7,9,12H,4-6,8H2,1-3H3. The summed E-state index contributed by atoms with van der Waals surface area (Å²) in [5.41, 5.74) is 1.43. The van der Waals surface area contributed by atoms with E-state index in [-0.39, 0.29) is 0 Å². The van der Waals surface area contributed by atoms with Gasteiger partial charge in [0.1, 0.15) is 5.76 Å². The third-order valence-electron chi connectivity index (χ3n) is 2.81. The van der Waals surface area contributed by atoms with Gasteiger partial charge in [-0.2, -0.15) is 0 Å². The molecular formula is C12H20INO. The van der Waals surface area contributed by atoms with Crippen LogP contribution in [0.4, 0.5) is 0 Å². The number of halogens is 1. The van der Waals surface area contributed by atoms with Crippen molar-refractivity contribution in [2.45, 2.75) is 30.7 Å². The summed E-state index contributed by atoms with van der Waals surface area (Å²) in [6.07, 6.45) is 6.56. The zero-order chi connectivity index (χ0) is 11.3. The molecule has 3 heteroatoms. The van der Waals surface area contributed by atoms with Gasteiger partial charge in [0.2, 0.25) is 0 Å². The molecule has 1 aliphatic carbocycles. The second-order valence-electron chi connectivity index (χ2n) is 3.59. The number of alkyl halides is 1. The minimum Gasteiger partial charge on any atom is -0.497 e. The predicted octanol–water partition coefficient (Wildman–Crippen LogP) is 3.34. The Bertz CT molecular complexity index is 256. The summed E-state index contributed by atoms with van der Waals surface area (Å²) in [5.74, 6) is 1.06. The van der Waals surface area contributed by atoms with Crippen molar-refractivity contribution in [1.29, 1.82) is 0 Å². The number of methoxy groups -OCH3 is 1. The van der Waals surface area contributed by atoms with Gasteiger partial charge in [-0.05, 0) is 37.6 Å². The molecule has 1 rings (SSSR count). The SMILES string of the molecule is CCN(CC)C(I)C1=C(OC)C=CCC1. The maximum atomic E-state index is 5.43. The molecule has 0 N–H and O–H groups in total. The topological polar surface area (TPSA) is 12.5 Å². The molecule has 0 amide bonds. The third-order valence-corrected chi connectivity index (χ3v) is 4.35. The number of hydrogen-bond donors (Lipinski definition) is 0. The molecule has 0 aromatic carbocycles. The van der Waals surface area contributed by atoms with Crippen LogP contribution in [0.2, 0.25) is 0 Å². The normalized spacial score (nSPS) is 18.5. The van der Waals surface area contributed by atoms with Gasteiger partial charge in [-0.25, -0.2) is 0 Å². The van der Waals surface area contributed by atoms with Crippen LogP contribution in [-0.4, -0.2) is 29.1 Å². The largest absolute Gasteiger partial charge is 0.497 e. The second kappa shape index (κ2) is 6.53. The highest BCUT2D eigenvalue weighted by molar-refractivity contribution is 14.1. The maximum Gasteiger partial charge on any atom is 0.120 e. The van der Waals surface area contributed by atoms with Crippen molar-refractivity contribution in [3.05, 3.63) is 23.5 Å². The smallest absolute Gasteiger partial charge is 0.120 e. The first kappa shape index (κ1) is 13.0. The molecule has 0 fully saturated rings.